The number of nitrogens with zero attached hydrogens (tertiary/aromatic N) is 1. The maximum absolute atomic E-state index is 11.9. The molecule has 0 bridgehead atoms. The number of hydrogen-bond donors (Lipinski definition) is 1. The standard InChI is InChI=1S/C9H12BrClN2O3S/c1-16-6-8(3-11)13-17(14,15)9-2-7(10)4-12-5-9/h2,4-5,8,13H,3,6H2,1H3. The second-order valence-corrected chi connectivity index (χ2v) is 6.20. The first-order chi connectivity index (χ1) is 7.99. The van der Waals surface area contributed by atoms with Crippen molar-refractivity contribution in [3.8, 4) is 0 Å². The maximum atomic E-state index is 11.9. The highest BCUT2D eigenvalue weighted by molar-refractivity contribution is 9.10. The van der Waals surface area contributed by atoms with E-state index in [1.807, 2.05) is 0 Å². The van der Waals surface area contributed by atoms with Crippen molar-refractivity contribution in [2.75, 3.05) is 19.6 Å². The van der Waals surface area contributed by atoms with Crippen molar-refractivity contribution in [3.05, 3.63) is 22.9 Å². The van der Waals surface area contributed by atoms with Crippen LogP contribution in [-0.4, -0.2) is 39.0 Å². The van der Waals surface area contributed by atoms with E-state index in [9.17, 15) is 8.42 Å². The van der Waals surface area contributed by atoms with E-state index in [0.717, 1.165) is 0 Å². The Bertz CT molecular complexity index is 469. The fourth-order valence-corrected chi connectivity index (χ4v) is 3.12. The number of rotatable bonds is 6. The summed E-state index contributed by atoms with van der Waals surface area (Å²) in [7, 11) is -2.14. The van der Waals surface area contributed by atoms with Gasteiger partial charge in [0.15, 0.2) is 0 Å². The molecule has 17 heavy (non-hydrogen) atoms. The molecule has 0 amide bonds. The highest BCUT2D eigenvalue weighted by atomic mass is 79.9. The normalized spacial score (nSPS) is 13.6. The molecule has 8 heteroatoms. The average molecular weight is 344 g/mol. The molecule has 1 unspecified atom stereocenters. The molecule has 0 radical (unpaired) electrons. The fraction of sp³-hybridized carbons (Fsp3) is 0.444. The van der Waals surface area contributed by atoms with Crippen molar-refractivity contribution in [3.63, 3.8) is 0 Å². The van der Waals surface area contributed by atoms with Gasteiger partial charge < -0.3 is 4.74 Å². The van der Waals surface area contributed by atoms with Gasteiger partial charge >= 0.3 is 0 Å². The van der Waals surface area contributed by atoms with Crippen LogP contribution in [0.4, 0.5) is 0 Å². The topological polar surface area (TPSA) is 68.3 Å². The van der Waals surface area contributed by atoms with Gasteiger partial charge in [0.1, 0.15) is 4.90 Å². The molecule has 0 saturated carbocycles. The van der Waals surface area contributed by atoms with E-state index < -0.39 is 16.1 Å². The number of alkyl halides is 1. The molecule has 1 aromatic heterocycles. The van der Waals surface area contributed by atoms with Gasteiger partial charge in [0.05, 0.1) is 12.6 Å². The van der Waals surface area contributed by atoms with Crippen LogP contribution in [0.2, 0.25) is 0 Å². The zero-order chi connectivity index (χ0) is 12.9. The molecule has 1 rings (SSSR count). The molecule has 0 aliphatic heterocycles. The summed E-state index contributed by atoms with van der Waals surface area (Å²) < 4.78 is 31.8. The van der Waals surface area contributed by atoms with Crippen molar-refractivity contribution < 1.29 is 13.2 Å². The summed E-state index contributed by atoms with van der Waals surface area (Å²) >= 11 is 8.80. The van der Waals surface area contributed by atoms with Crippen LogP contribution in [0.3, 0.4) is 0 Å². The molecular formula is C9H12BrClN2O3S. The number of pyridine rings is 1. The quantitative estimate of drug-likeness (QED) is 0.792. The van der Waals surface area contributed by atoms with Gasteiger partial charge in [-0.1, -0.05) is 0 Å². The number of methoxy groups -OCH3 is 1. The molecule has 0 aromatic carbocycles. The zero-order valence-corrected chi connectivity index (χ0v) is 12.2. The Labute approximate surface area is 114 Å². The van der Waals surface area contributed by atoms with E-state index in [2.05, 4.69) is 25.6 Å². The Hall–Kier alpha value is -0.210. The fourth-order valence-electron chi connectivity index (χ4n) is 1.14. The highest BCUT2D eigenvalue weighted by Crippen LogP contribution is 2.14. The smallest absolute Gasteiger partial charge is 0.242 e. The number of nitrogens with one attached hydrogen (secondary N) is 1. The van der Waals surface area contributed by atoms with Crippen LogP contribution in [0.25, 0.3) is 0 Å². The molecule has 0 aliphatic carbocycles. The first kappa shape index (κ1) is 14.8. The summed E-state index contributed by atoms with van der Waals surface area (Å²) in [5.41, 5.74) is 0. The van der Waals surface area contributed by atoms with Crippen molar-refractivity contribution in [2.45, 2.75) is 10.9 Å². The van der Waals surface area contributed by atoms with Gasteiger partial charge in [-0.05, 0) is 22.0 Å². The van der Waals surface area contributed by atoms with Gasteiger partial charge in [-0.25, -0.2) is 13.1 Å². The molecule has 1 atom stereocenters. The van der Waals surface area contributed by atoms with Gasteiger partial charge in [0.25, 0.3) is 0 Å². The van der Waals surface area contributed by atoms with Gasteiger partial charge in [-0.15, -0.1) is 11.6 Å². The van der Waals surface area contributed by atoms with E-state index in [1.54, 1.807) is 0 Å². The van der Waals surface area contributed by atoms with Gasteiger partial charge in [0.2, 0.25) is 10.0 Å². The number of aromatic nitrogens is 1. The molecule has 0 aliphatic rings. The first-order valence-electron chi connectivity index (χ1n) is 4.67. The minimum Gasteiger partial charge on any atom is -0.383 e. The lowest BCUT2D eigenvalue weighted by Gasteiger charge is -2.15. The largest absolute Gasteiger partial charge is 0.383 e. The third-order valence-electron chi connectivity index (χ3n) is 1.87. The lowest BCUT2D eigenvalue weighted by atomic mass is 10.4. The van der Waals surface area contributed by atoms with Crippen molar-refractivity contribution in [2.24, 2.45) is 0 Å². The third kappa shape index (κ3) is 4.51. The number of sulfonamides is 1. The van der Waals surface area contributed by atoms with Crippen molar-refractivity contribution >= 4 is 37.6 Å². The van der Waals surface area contributed by atoms with Crippen LogP contribution >= 0.6 is 27.5 Å². The Balaban J connectivity index is 2.88. The third-order valence-corrected chi connectivity index (χ3v) is 4.16. The molecule has 0 spiro atoms. The number of hydrogen-bond acceptors (Lipinski definition) is 4. The molecule has 1 aromatic rings. The monoisotopic (exact) mass is 342 g/mol. The van der Waals surface area contributed by atoms with Crippen molar-refractivity contribution in [1.29, 1.82) is 0 Å². The molecular weight excluding hydrogens is 332 g/mol. The highest BCUT2D eigenvalue weighted by Gasteiger charge is 2.20. The summed E-state index contributed by atoms with van der Waals surface area (Å²) in [5.74, 6) is 0.133. The van der Waals surface area contributed by atoms with E-state index in [4.69, 9.17) is 16.3 Å². The minimum absolute atomic E-state index is 0.0816. The van der Waals surface area contributed by atoms with E-state index in [1.165, 1.54) is 25.6 Å². The second kappa shape index (κ2) is 6.65. The van der Waals surface area contributed by atoms with Crippen LogP contribution in [-0.2, 0) is 14.8 Å². The predicted octanol–water partition coefficient (Wildman–Crippen LogP) is 1.38. The van der Waals surface area contributed by atoms with Crippen LogP contribution in [0.5, 0.6) is 0 Å². The minimum atomic E-state index is -3.62. The summed E-state index contributed by atoms with van der Waals surface area (Å²) in [4.78, 5) is 3.88. The summed E-state index contributed by atoms with van der Waals surface area (Å²) in [6.07, 6.45) is 2.78. The number of ether oxygens (including phenoxy) is 1. The number of halogens is 2. The Morgan fingerprint density at radius 1 is 1.59 bits per heavy atom. The lowest BCUT2D eigenvalue weighted by Crippen LogP contribution is -2.39. The lowest BCUT2D eigenvalue weighted by molar-refractivity contribution is 0.181. The van der Waals surface area contributed by atoms with Crippen LogP contribution in [0.1, 0.15) is 0 Å². The first-order valence-corrected chi connectivity index (χ1v) is 7.48. The van der Waals surface area contributed by atoms with Gasteiger partial charge in [-0.2, -0.15) is 0 Å². The van der Waals surface area contributed by atoms with Crippen LogP contribution < -0.4 is 4.72 Å². The molecule has 0 fully saturated rings. The SMILES string of the molecule is COCC(CCl)NS(=O)(=O)c1cncc(Br)c1. The van der Waals surface area contributed by atoms with E-state index in [0.29, 0.717) is 4.47 Å². The second-order valence-electron chi connectivity index (χ2n) is 3.27. The molecule has 0 saturated heterocycles. The van der Waals surface area contributed by atoms with Crippen LogP contribution in [0, 0.1) is 0 Å². The summed E-state index contributed by atoms with van der Waals surface area (Å²) in [5, 5.41) is 0. The molecule has 1 heterocycles. The van der Waals surface area contributed by atoms with Gasteiger partial charge in [-0.3, -0.25) is 4.98 Å². The Kier molecular flexibility index (Phi) is 5.81. The average Bonchev–Trinajstić information content (AvgIpc) is 2.28. The van der Waals surface area contributed by atoms with Crippen molar-refractivity contribution in [1.82, 2.24) is 9.71 Å². The maximum Gasteiger partial charge on any atom is 0.242 e. The Morgan fingerprint density at radius 3 is 2.82 bits per heavy atom. The van der Waals surface area contributed by atoms with E-state index >= 15 is 0 Å². The molecule has 5 nitrogen and oxygen atoms in total. The zero-order valence-electron chi connectivity index (χ0n) is 9.06. The Morgan fingerprint density at radius 2 is 2.29 bits per heavy atom. The van der Waals surface area contributed by atoms with Gasteiger partial charge in [0, 0.05) is 29.9 Å². The summed E-state index contributed by atoms with van der Waals surface area (Å²) in [6, 6.07) is 0.999. The predicted molar refractivity (Wildman–Crippen MR) is 68.6 cm³/mol. The summed E-state index contributed by atoms with van der Waals surface area (Å²) in [6.45, 7) is 0.212. The molecule has 1 N–H and O–H groups in total. The molecule has 96 valence electrons. The van der Waals surface area contributed by atoms with Crippen LogP contribution in [0.15, 0.2) is 27.8 Å². The van der Waals surface area contributed by atoms with E-state index in [-0.39, 0.29) is 17.4 Å².